The molecule has 26 heavy (non-hydrogen) atoms. The summed E-state index contributed by atoms with van der Waals surface area (Å²) < 4.78 is 5.53. The van der Waals surface area contributed by atoms with E-state index in [0.717, 1.165) is 37.2 Å². The Morgan fingerprint density at radius 1 is 1.35 bits per heavy atom. The number of piperidine rings is 1. The van der Waals surface area contributed by atoms with Gasteiger partial charge in [0.1, 0.15) is 6.26 Å². The summed E-state index contributed by atoms with van der Waals surface area (Å²) in [4.78, 5) is 18.8. The van der Waals surface area contributed by atoms with E-state index in [0.29, 0.717) is 23.3 Å². The van der Waals surface area contributed by atoms with Crippen LogP contribution in [0.3, 0.4) is 0 Å². The first-order valence-corrected chi connectivity index (χ1v) is 9.90. The predicted octanol–water partition coefficient (Wildman–Crippen LogP) is 3.58. The Hall–Kier alpha value is -1.50. The normalized spacial score (nSPS) is 16.2. The van der Waals surface area contributed by atoms with Crippen LogP contribution in [-0.2, 0) is 10.5 Å². The van der Waals surface area contributed by atoms with Gasteiger partial charge in [0.25, 0.3) is 0 Å². The highest BCUT2D eigenvalue weighted by atomic mass is 35.5. The first kappa shape index (κ1) is 20.8. The van der Waals surface area contributed by atoms with Crippen molar-refractivity contribution in [3.8, 4) is 11.5 Å². The van der Waals surface area contributed by atoms with Crippen molar-refractivity contribution in [1.29, 1.82) is 0 Å². The van der Waals surface area contributed by atoms with E-state index in [4.69, 9.17) is 10.2 Å². The quantitative estimate of drug-likeness (QED) is 0.809. The summed E-state index contributed by atoms with van der Waals surface area (Å²) in [6.07, 6.45) is 3.70. The number of oxazole rings is 1. The van der Waals surface area contributed by atoms with Crippen LogP contribution in [0.15, 0.2) is 41.0 Å². The van der Waals surface area contributed by atoms with Gasteiger partial charge in [-0.25, -0.2) is 4.98 Å². The summed E-state index contributed by atoms with van der Waals surface area (Å²) in [6.45, 7) is 3.71. The van der Waals surface area contributed by atoms with Crippen molar-refractivity contribution in [2.24, 2.45) is 11.7 Å². The van der Waals surface area contributed by atoms with Crippen molar-refractivity contribution < 1.29 is 9.21 Å². The second-order valence-electron chi connectivity index (χ2n) is 6.58. The fourth-order valence-electron chi connectivity index (χ4n) is 3.10. The molecule has 0 saturated carbocycles. The molecule has 7 heteroatoms. The number of hydrogen-bond donors (Lipinski definition) is 1. The zero-order chi connectivity index (χ0) is 17.6. The van der Waals surface area contributed by atoms with Gasteiger partial charge in [0.05, 0.1) is 11.4 Å². The van der Waals surface area contributed by atoms with Gasteiger partial charge in [-0.05, 0) is 37.8 Å². The van der Waals surface area contributed by atoms with Gasteiger partial charge in [0, 0.05) is 30.4 Å². The zero-order valence-corrected chi connectivity index (χ0v) is 16.6. The van der Waals surface area contributed by atoms with Crippen LogP contribution in [0, 0.1) is 5.92 Å². The average Bonchev–Trinajstić information content (AvgIpc) is 3.11. The van der Waals surface area contributed by atoms with Gasteiger partial charge >= 0.3 is 0 Å². The third-order valence-corrected chi connectivity index (χ3v) is 5.63. The minimum Gasteiger partial charge on any atom is -0.444 e. The van der Waals surface area contributed by atoms with Crippen molar-refractivity contribution in [3.05, 3.63) is 42.3 Å². The van der Waals surface area contributed by atoms with Crippen LogP contribution in [0.1, 0.15) is 25.5 Å². The van der Waals surface area contributed by atoms with E-state index in [2.05, 4.69) is 11.9 Å². The monoisotopic (exact) mass is 395 g/mol. The second kappa shape index (κ2) is 10.00. The maximum atomic E-state index is 12.3. The Labute approximate surface area is 165 Å². The topological polar surface area (TPSA) is 72.4 Å². The molecule has 1 saturated heterocycles. The first-order chi connectivity index (χ1) is 12.1. The number of carbonyl (C=O) groups excluding carboxylic acids is 1. The van der Waals surface area contributed by atoms with E-state index in [1.54, 1.807) is 18.0 Å². The van der Waals surface area contributed by atoms with Crippen molar-refractivity contribution in [2.45, 2.75) is 31.6 Å². The van der Waals surface area contributed by atoms with Crippen LogP contribution < -0.4 is 5.73 Å². The molecule has 0 radical (unpaired) electrons. The number of nitrogens with two attached hydrogens (primary N) is 1. The summed E-state index contributed by atoms with van der Waals surface area (Å²) in [5.41, 5.74) is 7.79. The number of amides is 1. The molecule has 1 aromatic carbocycles. The number of hydrogen-bond acceptors (Lipinski definition) is 5. The minimum absolute atomic E-state index is 0. The minimum atomic E-state index is 0. The summed E-state index contributed by atoms with van der Waals surface area (Å²) in [5, 5.41) is 0. The highest BCUT2D eigenvalue weighted by Crippen LogP contribution is 2.22. The molecule has 3 rings (SSSR count). The Bertz CT molecular complexity index is 685. The number of benzene rings is 1. The Kier molecular flexibility index (Phi) is 8.00. The number of aromatic nitrogens is 1. The first-order valence-electron chi connectivity index (χ1n) is 8.74. The van der Waals surface area contributed by atoms with Gasteiger partial charge in [0.2, 0.25) is 11.8 Å². The standard InChI is InChI=1S/C19H25N3O2S.ClH/c1-14(20)15-7-9-22(10-8-15)18(23)13-25-12-17-11-24-19(21-17)16-5-3-2-4-6-16;/h2-6,11,14-15H,7-10,12-13,20H2,1H3;1H. The SMILES string of the molecule is CC(N)C1CCN(C(=O)CSCc2coc(-c3ccccc3)n2)CC1.Cl. The van der Waals surface area contributed by atoms with Gasteiger partial charge in [-0.2, -0.15) is 0 Å². The molecule has 1 unspecified atom stereocenters. The summed E-state index contributed by atoms with van der Waals surface area (Å²) in [7, 11) is 0. The second-order valence-corrected chi connectivity index (χ2v) is 7.57. The molecule has 0 bridgehead atoms. The molecule has 0 aliphatic carbocycles. The lowest BCUT2D eigenvalue weighted by Crippen LogP contribution is -2.43. The average molecular weight is 396 g/mol. The predicted molar refractivity (Wildman–Crippen MR) is 108 cm³/mol. The third kappa shape index (κ3) is 5.50. The van der Waals surface area contributed by atoms with Crippen LogP contribution in [0.4, 0.5) is 0 Å². The lowest BCUT2D eigenvalue weighted by molar-refractivity contribution is -0.129. The number of halogens is 1. The van der Waals surface area contributed by atoms with E-state index in [1.165, 1.54) is 0 Å². The molecule has 5 nitrogen and oxygen atoms in total. The van der Waals surface area contributed by atoms with Crippen molar-refractivity contribution >= 4 is 30.1 Å². The van der Waals surface area contributed by atoms with Gasteiger partial charge < -0.3 is 15.1 Å². The van der Waals surface area contributed by atoms with Crippen LogP contribution in [0.2, 0.25) is 0 Å². The molecule has 1 aliphatic rings. The molecule has 2 heterocycles. The van der Waals surface area contributed by atoms with E-state index >= 15 is 0 Å². The maximum Gasteiger partial charge on any atom is 0.232 e. The van der Waals surface area contributed by atoms with Gasteiger partial charge in [-0.3, -0.25) is 4.79 Å². The highest BCUT2D eigenvalue weighted by molar-refractivity contribution is 7.99. The van der Waals surface area contributed by atoms with Gasteiger partial charge in [-0.15, -0.1) is 24.2 Å². The maximum absolute atomic E-state index is 12.3. The lowest BCUT2D eigenvalue weighted by atomic mass is 9.91. The fourth-order valence-corrected chi connectivity index (χ4v) is 3.90. The summed E-state index contributed by atoms with van der Waals surface area (Å²) in [6, 6.07) is 10.0. The molecule has 1 fully saturated rings. The summed E-state index contributed by atoms with van der Waals surface area (Å²) >= 11 is 1.59. The molecule has 1 amide bonds. The van der Waals surface area contributed by atoms with Crippen molar-refractivity contribution in [1.82, 2.24) is 9.88 Å². The van der Waals surface area contributed by atoms with Gasteiger partial charge in [-0.1, -0.05) is 18.2 Å². The third-order valence-electron chi connectivity index (χ3n) is 4.68. The summed E-state index contributed by atoms with van der Waals surface area (Å²) in [5.74, 6) is 2.54. The molecular weight excluding hydrogens is 370 g/mol. The van der Waals surface area contributed by atoms with Crippen molar-refractivity contribution in [2.75, 3.05) is 18.8 Å². The van der Waals surface area contributed by atoms with Crippen LogP contribution in [-0.4, -0.2) is 40.7 Å². The van der Waals surface area contributed by atoms with Crippen molar-refractivity contribution in [3.63, 3.8) is 0 Å². The molecule has 2 aromatic rings. The molecular formula is C19H26ClN3O2S. The number of thioether (sulfide) groups is 1. The highest BCUT2D eigenvalue weighted by Gasteiger charge is 2.24. The number of likely N-dealkylation sites (tertiary alicyclic amines) is 1. The zero-order valence-electron chi connectivity index (χ0n) is 15.0. The molecule has 1 atom stereocenters. The largest absolute Gasteiger partial charge is 0.444 e. The van der Waals surface area contributed by atoms with Crippen LogP contribution >= 0.6 is 24.2 Å². The van der Waals surface area contributed by atoms with Crippen LogP contribution in [0.25, 0.3) is 11.5 Å². The number of rotatable bonds is 6. The molecule has 1 aliphatic heterocycles. The number of carbonyl (C=O) groups is 1. The lowest BCUT2D eigenvalue weighted by Gasteiger charge is -2.33. The molecule has 0 spiro atoms. The Morgan fingerprint density at radius 2 is 2.04 bits per heavy atom. The Morgan fingerprint density at radius 3 is 2.69 bits per heavy atom. The van der Waals surface area contributed by atoms with E-state index in [9.17, 15) is 4.79 Å². The molecule has 1 aromatic heterocycles. The molecule has 2 N–H and O–H groups in total. The van der Waals surface area contributed by atoms with E-state index < -0.39 is 0 Å². The van der Waals surface area contributed by atoms with E-state index in [1.807, 2.05) is 35.2 Å². The Balaban J connectivity index is 0.00000243. The smallest absolute Gasteiger partial charge is 0.232 e. The molecule has 142 valence electrons. The van der Waals surface area contributed by atoms with Crippen LogP contribution in [0.5, 0.6) is 0 Å². The van der Waals surface area contributed by atoms with Gasteiger partial charge in [0.15, 0.2) is 0 Å². The van der Waals surface area contributed by atoms with E-state index in [-0.39, 0.29) is 24.4 Å². The fraction of sp³-hybridized carbons (Fsp3) is 0.474. The number of nitrogens with zero attached hydrogens (tertiary/aromatic N) is 2.